The fraction of sp³-hybridized carbons (Fsp3) is 0.389. The van der Waals surface area contributed by atoms with Crippen LogP contribution in [-0.2, 0) is 0 Å². The van der Waals surface area contributed by atoms with Crippen molar-refractivity contribution in [2.75, 3.05) is 38.0 Å². The minimum atomic E-state index is -0.0614. The lowest BCUT2D eigenvalue weighted by Gasteiger charge is -2.33. The van der Waals surface area contributed by atoms with Gasteiger partial charge in [0, 0.05) is 36.9 Å². The van der Waals surface area contributed by atoms with Crippen molar-refractivity contribution in [3.8, 4) is 0 Å². The summed E-state index contributed by atoms with van der Waals surface area (Å²) >= 11 is 6.12. The highest BCUT2D eigenvalue weighted by atomic mass is 35.5. The average Bonchev–Trinajstić information content (AvgIpc) is 2.65. The summed E-state index contributed by atoms with van der Waals surface area (Å²) in [6.45, 7) is 8.37. The highest BCUT2D eigenvalue weighted by Gasteiger charge is 2.22. The minimum absolute atomic E-state index is 0.0614. The Labute approximate surface area is 152 Å². The fourth-order valence-corrected chi connectivity index (χ4v) is 2.99. The second kappa shape index (κ2) is 7.80. The van der Waals surface area contributed by atoms with Gasteiger partial charge in [-0.05, 0) is 31.2 Å². The number of hydrogen-bond donors (Lipinski definition) is 1. The molecule has 1 amide bonds. The number of rotatable bonds is 4. The van der Waals surface area contributed by atoms with Crippen LogP contribution in [0.25, 0.3) is 0 Å². The van der Waals surface area contributed by atoms with Crippen molar-refractivity contribution in [3.05, 3.63) is 46.9 Å². The SMILES string of the molecule is CCN1CCN(C(=O)c2cnc(Nc3cccc(Cl)c3C)cn2)CC1. The normalized spacial score (nSPS) is 15.2. The molecule has 3 rings (SSSR count). The molecule has 1 aliphatic rings. The van der Waals surface area contributed by atoms with Gasteiger partial charge in [-0.2, -0.15) is 0 Å². The Morgan fingerprint density at radius 2 is 1.96 bits per heavy atom. The first-order valence-corrected chi connectivity index (χ1v) is 8.82. The summed E-state index contributed by atoms with van der Waals surface area (Å²) in [5.41, 5.74) is 2.19. The summed E-state index contributed by atoms with van der Waals surface area (Å²) in [6, 6.07) is 5.64. The number of halogens is 1. The molecule has 0 radical (unpaired) electrons. The average molecular weight is 360 g/mol. The summed E-state index contributed by atoms with van der Waals surface area (Å²) in [7, 11) is 0. The first-order valence-electron chi connectivity index (χ1n) is 8.44. The molecule has 1 aliphatic heterocycles. The van der Waals surface area contributed by atoms with Crippen LogP contribution < -0.4 is 5.32 Å². The highest BCUT2D eigenvalue weighted by molar-refractivity contribution is 6.31. The van der Waals surface area contributed by atoms with Gasteiger partial charge in [0.05, 0.1) is 12.4 Å². The number of piperazine rings is 1. The number of aromatic nitrogens is 2. The Bertz CT molecular complexity index is 742. The standard InChI is InChI=1S/C18H22ClN5O/c1-3-23-7-9-24(10-8-23)18(25)16-11-21-17(12-20-16)22-15-6-4-5-14(19)13(15)2/h4-6,11-12H,3,7-10H2,1-2H3,(H,21,22). The molecule has 132 valence electrons. The molecular formula is C18H22ClN5O. The summed E-state index contributed by atoms with van der Waals surface area (Å²) in [4.78, 5) is 25.3. The number of hydrogen-bond acceptors (Lipinski definition) is 5. The topological polar surface area (TPSA) is 61.4 Å². The number of nitrogens with one attached hydrogen (secondary N) is 1. The Morgan fingerprint density at radius 1 is 1.20 bits per heavy atom. The molecule has 7 heteroatoms. The van der Waals surface area contributed by atoms with Gasteiger partial charge in [-0.1, -0.05) is 24.6 Å². The number of nitrogens with zero attached hydrogens (tertiary/aromatic N) is 4. The van der Waals surface area contributed by atoms with Crippen LogP contribution >= 0.6 is 11.6 Å². The van der Waals surface area contributed by atoms with Gasteiger partial charge in [0.25, 0.3) is 5.91 Å². The third-order valence-electron chi connectivity index (χ3n) is 4.51. The van der Waals surface area contributed by atoms with Crippen molar-refractivity contribution in [1.82, 2.24) is 19.8 Å². The second-order valence-electron chi connectivity index (χ2n) is 6.05. The van der Waals surface area contributed by atoms with Crippen LogP contribution in [0.3, 0.4) is 0 Å². The van der Waals surface area contributed by atoms with Gasteiger partial charge >= 0.3 is 0 Å². The molecule has 2 aromatic rings. The van der Waals surface area contributed by atoms with E-state index >= 15 is 0 Å². The number of carbonyl (C=O) groups is 1. The minimum Gasteiger partial charge on any atom is -0.339 e. The van der Waals surface area contributed by atoms with Crippen LogP contribution in [0, 0.1) is 6.92 Å². The Kier molecular flexibility index (Phi) is 5.50. The molecule has 1 saturated heterocycles. The third kappa shape index (κ3) is 4.08. The lowest BCUT2D eigenvalue weighted by Crippen LogP contribution is -2.48. The molecule has 1 aromatic carbocycles. The van der Waals surface area contributed by atoms with Gasteiger partial charge in [-0.3, -0.25) is 4.79 Å². The molecule has 0 aliphatic carbocycles. The Balaban J connectivity index is 1.66. The van der Waals surface area contributed by atoms with Crippen LogP contribution in [0.15, 0.2) is 30.6 Å². The maximum absolute atomic E-state index is 12.5. The molecule has 6 nitrogen and oxygen atoms in total. The quantitative estimate of drug-likeness (QED) is 0.909. The maximum Gasteiger partial charge on any atom is 0.274 e. The molecule has 0 unspecified atom stereocenters. The van der Waals surface area contributed by atoms with Crippen molar-refractivity contribution < 1.29 is 4.79 Å². The number of amides is 1. The lowest BCUT2D eigenvalue weighted by molar-refractivity contribution is 0.0637. The zero-order valence-corrected chi connectivity index (χ0v) is 15.3. The molecule has 0 saturated carbocycles. The van der Waals surface area contributed by atoms with Gasteiger partial charge in [-0.25, -0.2) is 9.97 Å². The summed E-state index contributed by atoms with van der Waals surface area (Å²) in [6.07, 6.45) is 3.10. The van der Waals surface area contributed by atoms with E-state index in [4.69, 9.17) is 11.6 Å². The molecule has 1 aromatic heterocycles. The highest BCUT2D eigenvalue weighted by Crippen LogP contribution is 2.25. The van der Waals surface area contributed by atoms with E-state index in [1.54, 1.807) is 6.20 Å². The molecule has 0 spiro atoms. The van der Waals surface area contributed by atoms with Crippen molar-refractivity contribution in [2.24, 2.45) is 0 Å². The fourth-order valence-electron chi connectivity index (χ4n) is 2.81. The summed E-state index contributed by atoms with van der Waals surface area (Å²) in [5.74, 6) is 0.520. The zero-order valence-electron chi connectivity index (χ0n) is 14.5. The zero-order chi connectivity index (χ0) is 17.8. The molecule has 0 bridgehead atoms. The van der Waals surface area contributed by atoms with Crippen LogP contribution in [0.2, 0.25) is 5.02 Å². The van der Waals surface area contributed by atoms with Gasteiger partial charge in [-0.15, -0.1) is 0 Å². The molecular weight excluding hydrogens is 338 g/mol. The van der Waals surface area contributed by atoms with E-state index in [-0.39, 0.29) is 5.91 Å². The first kappa shape index (κ1) is 17.6. The van der Waals surface area contributed by atoms with Crippen LogP contribution in [-0.4, -0.2) is 58.4 Å². The molecule has 2 heterocycles. The predicted molar refractivity (Wildman–Crippen MR) is 99.5 cm³/mol. The molecule has 1 fully saturated rings. The predicted octanol–water partition coefficient (Wildman–Crippen LogP) is 2.96. The van der Waals surface area contributed by atoms with E-state index in [1.807, 2.05) is 30.0 Å². The number of carbonyl (C=O) groups excluding carboxylic acids is 1. The van der Waals surface area contributed by atoms with E-state index in [2.05, 4.69) is 27.1 Å². The van der Waals surface area contributed by atoms with E-state index in [9.17, 15) is 4.79 Å². The van der Waals surface area contributed by atoms with Gasteiger partial charge in [0.15, 0.2) is 0 Å². The lowest BCUT2D eigenvalue weighted by atomic mass is 10.2. The molecule has 1 N–H and O–H groups in total. The van der Waals surface area contributed by atoms with Gasteiger partial charge < -0.3 is 15.1 Å². The van der Waals surface area contributed by atoms with Crippen LogP contribution in [0.1, 0.15) is 23.0 Å². The third-order valence-corrected chi connectivity index (χ3v) is 4.92. The van der Waals surface area contributed by atoms with Crippen molar-refractivity contribution >= 4 is 29.0 Å². The van der Waals surface area contributed by atoms with Crippen molar-refractivity contribution in [1.29, 1.82) is 0 Å². The van der Waals surface area contributed by atoms with E-state index in [1.165, 1.54) is 6.20 Å². The van der Waals surface area contributed by atoms with Crippen LogP contribution in [0.5, 0.6) is 0 Å². The monoisotopic (exact) mass is 359 g/mol. The first-order chi connectivity index (χ1) is 12.1. The maximum atomic E-state index is 12.5. The van der Waals surface area contributed by atoms with Gasteiger partial charge in [0.1, 0.15) is 11.5 Å². The largest absolute Gasteiger partial charge is 0.339 e. The van der Waals surface area contributed by atoms with Crippen molar-refractivity contribution in [2.45, 2.75) is 13.8 Å². The Hall–Kier alpha value is -2.18. The van der Waals surface area contributed by atoms with E-state index in [0.717, 1.165) is 44.0 Å². The second-order valence-corrected chi connectivity index (χ2v) is 6.46. The van der Waals surface area contributed by atoms with Crippen molar-refractivity contribution in [3.63, 3.8) is 0 Å². The molecule has 0 atom stereocenters. The van der Waals surface area contributed by atoms with Gasteiger partial charge in [0.2, 0.25) is 0 Å². The van der Waals surface area contributed by atoms with Crippen LogP contribution in [0.4, 0.5) is 11.5 Å². The summed E-state index contributed by atoms with van der Waals surface area (Å²) in [5, 5.41) is 3.87. The van der Waals surface area contributed by atoms with E-state index in [0.29, 0.717) is 16.5 Å². The molecule has 25 heavy (non-hydrogen) atoms. The number of anilines is 2. The summed E-state index contributed by atoms with van der Waals surface area (Å²) < 4.78 is 0. The smallest absolute Gasteiger partial charge is 0.274 e. The number of benzene rings is 1. The number of likely N-dealkylation sites (N-methyl/N-ethyl adjacent to an activating group) is 1. The van der Waals surface area contributed by atoms with E-state index < -0.39 is 0 Å². The Morgan fingerprint density at radius 3 is 2.60 bits per heavy atom.